The van der Waals surface area contributed by atoms with Crippen LogP contribution >= 0.6 is 0 Å². The van der Waals surface area contributed by atoms with Crippen molar-refractivity contribution in [3.63, 3.8) is 0 Å². The zero-order valence-electron chi connectivity index (χ0n) is 19.2. The summed E-state index contributed by atoms with van der Waals surface area (Å²) in [4.78, 5) is 2.17. The second kappa shape index (κ2) is 43.8. The van der Waals surface area contributed by atoms with Gasteiger partial charge < -0.3 is 37.3 Å². The number of hydrogen-bond acceptors (Lipinski definition) is 1. The molecule has 1 rings (SSSR count). The van der Waals surface area contributed by atoms with Crippen molar-refractivity contribution in [1.29, 1.82) is 0 Å². The van der Waals surface area contributed by atoms with Gasteiger partial charge in [-0.25, -0.2) is 0 Å². The van der Waals surface area contributed by atoms with Crippen LogP contribution in [-0.4, -0.2) is 53.2 Å². The van der Waals surface area contributed by atoms with Gasteiger partial charge in [0.05, 0.1) is 0 Å². The SMILES string of the molecule is C1CCCC1.CC(C)N(C)C.C[N-]C.C[N-]C.[CH2-]C(C)C.[CH3-].[CH3-].[Zr]. The first-order chi connectivity index (χ1) is 9.70. The van der Waals surface area contributed by atoms with Crippen LogP contribution in [0, 0.1) is 27.7 Å². The minimum Gasteiger partial charge on any atom is -0.668 e. The fourth-order valence-electron chi connectivity index (χ4n) is 0.884. The van der Waals surface area contributed by atoms with Crippen molar-refractivity contribution in [1.82, 2.24) is 4.90 Å². The van der Waals surface area contributed by atoms with Gasteiger partial charge in [-0.05, 0) is 27.9 Å². The van der Waals surface area contributed by atoms with E-state index in [4.69, 9.17) is 0 Å². The molecule has 0 N–H and O–H groups in total. The number of hydrogen-bond donors (Lipinski definition) is 0. The summed E-state index contributed by atoms with van der Waals surface area (Å²) in [6, 6.07) is 0.685. The quantitative estimate of drug-likeness (QED) is 0.442. The van der Waals surface area contributed by atoms with Gasteiger partial charge in [-0.1, -0.05) is 46.0 Å². The number of nitrogens with zero attached hydrogens (tertiary/aromatic N) is 3. The van der Waals surface area contributed by atoms with Crippen LogP contribution in [0.2, 0.25) is 0 Å². The van der Waals surface area contributed by atoms with Crippen molar-refractivity contribution in [3.8, 4) is 0 Å². The van der Waals surface area contributed by atoms with Gasteiger partial charge in [0.2, 0.25) is 0 Å². The van der Waals surface area contributed by atoms with Crippen LogP contribution in [-0.2, 0) is 26.2 Å². The summed E-state index contributed by atoms with van der Waals surface area (Å²) in [7, 11) is 11.1. The Kier molecular flexibility index (Phi) is 80.9. The standard InChI is InChI=1S/C5H13N.C5H10.C4H9.2C2H6N.2CH3.Zr/c1-5(2)6(3)4;1-2-4-5-3-1;1-4(2)3;2*1-3-2;;;/h5H,1-4H3;1-5H2;4H,1H2,2-3H3;2*1-2H3;2*1H3;/q;;5*-1;. The molecule has 0 bridgehead atoms. The maximum atomic E-state index is 3.64. The summed E-state index contributed by atoms with van der Waals surface area (Å²) < 4.78 is 0. The number of rotatable bonds is 1. The van der Waals surface area contributed by atoms with Crippen molar-refractivity contribution in [2.24, 2.45) is 5.92 Å². The zero-order valence-corrected chi connectivity index (χ0v) is 21.7. The van der Waals surface area contributed by atoms with E-state index in [1.807, 2.05) is 0 Å². The van der Waals surface area contributed by atoms with E-state index in [0.717, 1.165) is 0 Å². The van der Waals surface area contributed by atoms with Crippen LogP contribution in [0.4, 0.5) is 0 Å². The van der Waals surface area contributed by atoms with Gasteiger partial charge in [0, 0.05) is 32.2 Å². The minimum atomic E-state index is 0. The van der Waals surface area contributed by atoms with E-state index in [-0.39, 0.29) is 41.1 Å². The molecule has 4 heteroatoms. The first-order valence-electron chi connectivity index (χ1n) is 8.16. The Morgan fingerprint density at radius 1 is 0.708 bits per heavy atom. The molecule has 0 spiro atoms. The van der Waals surface area contributed by atoms with Crippen molar-refractivity contribution < 1.29 is 26.2 Å². The van der Waals surface area contributed by atoms with Crippen molar-refractivity contribution in [2.75, 3.05) is 42.3 Å². The van der Waals surface area contributed by atoms with Gasteiger partial charge in [-0.15, -0.1) is 0 Å². The molecule has 0 heterocycles. The summed E-state index contributed by atoms with van der Waals surface area (Å²) in [5.74, 6) is 0.583. The summed E-state index contributed by atoms with van der Waals surface area (Å²) in [5.41, 5.74) is 0. The van der Waals surface area contributed by atoms with E-state index < -0.39 is 0 Å². The Morgan fingerprint density at radius 2 is 0.792 bits per heavy atom. The zero-order chi connectivity index (χ0) is 17.7. The maximum absolute atomic E-state index is 3.64. The molecular formula is C20H50N3Zr-5. The molecule has 1 fully saturated rings. The second-order valence-corrected chi connectivity index (χ2v) is 6.11. The maximum Gasteiger partial charge on any atom is 0.00324 e. The first kappa shape index (κ1) is 44.3. The fourth-order valence-corrected chi connectivity index (χ4v) is 0.884. The van der Waals surface area contributed by atoms with E-state index in [1.165, 1.54) is 32.1 Å². The predicted octanol–water partition coefficient (Wildman–Crippen LogP) is 6.52. The molecule has 0 aromatic carbocycles. The summed E-state index contributed by atoms with van der Waals surface area (Å²) >= 11 is 0. The molecule has 0 saturated heterocycles. The van der Waals surface area contributed by atoms with Gasteiger partial charge in [-0.3, -0.25) is 0 Å². The van der Waals surface area contributed by atoms with Gasteiger partial charge in [0.15, 0.2) is 0 Å². The smallest absolute Gasteiger partial charge is 0.00324 e. The van der Waals surface area contributed by atoms with Crippen LogP contribution in [0.25, 0.3) is 10.6 Å². The Morgan fingerprint density at radius 3 is 0.833 bits per heavy atom. The molecule has 0 atom stereocenters. The van der Waals surface area contributed by atoms with E-state index >= 15 is 0 Å². The molecule has 1 aliphatic rings. The predicted molar refractivity (Wildman–Crippen MR) is 115 cm³/mol. The Bertz CT molecular complexity index is 118. The van der Waals surface area contributed by atoms with Crippen molar-refractivity contribution >= 4 is 0 Å². The van der Waals surface area contributed by atoms with E-state index in [2.05, 4.69) is 64.2 Å². The molecule has 0 aliphatic heterocycles. The third-order valence-corrected chi connectivity index (χ3v) is 2.28. The molecule has 1 aliphatic carbocycles. The minimum absolute atomic E-state index is 0. The van der Waals surface area contributed by atoms with Gasteiger partial charge >= 0.3 is 0 Å². The monoisotopic (exact) mass is 422 g/mol. The summed E-state index contributed by atoms with van der Waals surface area (Å²) in [5, 5.41) is 7.00. The van der Waals surface area contributed by atoms with Crippen LogP contribution < -0.4 is 0 Å². The molecule has 0 aromatic heterocycles. The molecule has 154 valence electrons. The molecule has 1 saturated carbocycles. The molecular weight excluding hydrogens is 373 g/mol. The molecule has 0 aromatic rings. The average molecular weight is 424 g/mol. The van der Waals surface area contributed by atoms with Gasteiger partial charge in [0.1, 0.15) is 0 Å². The Balaban J connectivity index is -0.0000000300. The first-order valence-corrected chi connectivity index (χ1v) is 8.16. The Labute approximate surface area is 177 Å². The average Bonchev–Trinajstić information content (AvgIpc) is 2.88. The molecule has 0 unspecified atom stereocenters. The summed E-state index contributed by atoms with van der Waals surface area (Å²) in [6.45, 7) is 12.1. The van der Waals surface area contributed by atoms with Crippen molar-refractivity contribution in [3.05, 3.63) is 32.4 Å². The molecule has 0 amide bonds. The van der Waals surface area contributed by atoms with E-state index in [0.29, 0.717) is 12.0 Å². The third kappa shape index (κ3) is 113. The van der Waals surface area contributed by atoms with E-state index in [9.17, 15) is 0 Å². The summed E-state index contributed by atoms with van der Waals surface area (Å²) in [6.07, 6.45) is 7.50. The van der Waals surface area contributed by atoms with Crippen LogP contribution in [0.15, 0.2) is 0 Å². The Hall–Kier alpha value is 0.763. The van der Waals surface area contributed by atoms with Crippen LogP contribution in [0.1, 0.15) is 59.8 Å². The molecule has 24 heavy (non-hydrogen) atoms. The van der Waals surface area contributed by atoms with Crippen LogP contribution in [0.5, 0.6) is 0 Å². The van der Waals surface area contributed by atoms with Gasteiger partial charge in [0.25, 0.3) is 0 Å². The third-order valence-electron chi connectivity index (χ3n) is 2.28. The van der Waals surface area contributed by atoms with E-state index in [1.54, 1.807) is 28.2 Å². The van der Waals surface area contributed by atoms with Crippen molar-refractivity contribution in [2.45, 2.75) is 65.8 Å². The topological polar surface area (TPSA) is 31.4 Å². The molecule has 3 nitrogen and oxygen atoms in total. The second-order valence-electron chi connectivity index (χ2n) is 6.11. The molecule has 0 radical (unpaired) electrons. The largest absolute Gasteiger partial charge is 0.668 e. The normalized spacial score (nSPS) is 10.8. The fraction of sp³-hybridized carbons (Fsp3) is 0.850. The van der Waals surface area contributed by atoms with Gasteiger partial charge in [-0.2, -0.15) is 34.1 Å². The van der Waals surface area contributed by atoms with Crippen LogP contribution in [0.3, 0.4) is 0 Å².